The highest BCUT2D eigenvalue weighted by atomic mass is 32.2. The Bertz CT molecular complexity index is 1060. The molecular formula is C23H23NO6S. The Morgan fingerprint density at radius 1 is 1.06 bits per heavy atom. The number of aliphatic hydroxyl groups is 1. The van der Waals surface area contributed by atoms with Crippen LogP contribution in [0, 0.1) is 0 Å². The topological polar surface area (TPSA) is 97.6 Å². The van der Waals surface area contributed by atoms with Crippen LogP contribution in [0.1, 0.15) is 19.4 Å². The molecule has 0 aliphatic carbocycles. The van der Waals surface area contributed by atoms with E-state index in [0.29, 0.717) is 45.9 Å². The lowest BCUT2D eigenvalue weighted by atomic mass is 10.1. The molecule has 0 spiro atoms. The maximum atomic E-state index is 12.3. The number of benzene rings is 2. The molecule has 0 unspecified atom stereocenters. The number of carbonyl (C=O) groups excluding carboxylic acids is 1. The highest BCUT2D eigenvalue weighted by Crippen LogP contribution is 2.42. The van der Waals surface area contributed by atoms with Crippen molar-refractivity contribution in [1.82, 2.24) is 0 Å². The Balaban J connectivity index is 2.00. The minimum atomic E-state index is -0.703. The smallest absolute Gasteiger partial charge is 0.344 e. The molecule has 1 aliphatic heterocycles. The highest BCUT2D eigenvalue weighted by Gasteiger charge is 2.33. The van der Waals surface area contributed by atoms with Gasteiger partial charge in [0, 0.05) is 5.56 Å². The minimum absolute atomic E-state index is 0.0342. The van der Waals surface area contributed by atoms with Crippen molar-refractivity contribution in [1.29, 1.82) is 0 Å². The van der Waals surface area contributed by atoms with Crippen molar-refractivity contribution in [2.75, 3.05) is 20.3 Å². The van der Waals surface area contributed by atoms with Crippen molar-refractivity contribution in [3.8, 4) is 17.2 Å². The molecule has 162 valence electrons. The quantitative estimate of drug-likeness (QED) is 0.584. The van der Waals surface area contributed by atoms with Gasteiger partial charge in [0.2, 0.25) is 0 Å². The van der Waals surface area contributed by atoms with Gasteiger partial charge in [0.1, 0.15) is 22.1 Å². The van der Waals surface area contributed by atoms with Crippen LogP contribution in [0.2, 0.25) is 0 Å². The van der Waals surface area contributed by atoms with Gasteiger partial charge in [0.25, 0.3) is 0 Å². The number of aliphatic hydroxyl groups excluding tert-OH is 1. The third-order valence-electron chi connectivity index (χ3n) is 4.28. The average Bonchev–Trinajstić information content (AvgIpc) is 3.07. The standard InChI is InChI=1S/C23H23NO6S/c1-4-29-16-11-9-15(10-12-16)24-22-19(23(27)28-3)21(26)18(31-22)13-14-7-6-8-17(20(14)25)30-5-2/h6-13,25-26H,4-5H2,1-3H3/b18-13+,24-22?. The number of methoxy groups -OCH3 is 1. The van der Waals surface area contributed by atoms with Gasteiger partial charge in [-0.2, -0.15) is 0 Å². The normalized spacial score (nSPS) is 16.1. The first-order valence-electron chi connectivity index (χ1n) is 9.66. The van der Waals surface area contributed by atoms with E-state index in [0.717, 1.165) is 11.8 Å². The van der Waals surface area contributed by atoms with Crippen molar-refractivity contribution in [3.05, 3.63) is 64.3 Å². The van der Waals surface area contributed by atoms with Gasteiger partial charge < -0.3 is 24.4 Å². The SMILES string of the molecule is CCOc1ccc(N=C2S/C(=C/c3cccc(OCC)c3O)C(O)=C2C(=O)OC)cc1. The first kappa shape index (κ1) is 22.3. The van der Waals surface area contributed by atoms with Gasteiger partial charge in [-0.05, 0) is 50.3 Å². The van der Waals surface area contributed by atoms with Crippen molar-refractivity contribution >= 4 is 34.5 Å². The first-order valence-corrected chi connectivity index (χ1v) is 10.5. The second-order valence-corrected chi connectivity index (χ2v) is 7.33. The predicted octanol–water partition coefficient (Wildman–Crippen LogP) is 4.99. The lowest BCUT2D eigenvalue weighted by molar-refractivity contribution is -0.135. The van der Waals surface area contributed by atoms with Gasteiger partial charge in [-0.3, -0.25) is 0 Å². The van der Waals surface area contributed by atoms with Crippen molar-refractivity contribution in [2.45, 2.75) is 13.8 Å². The Morgan fingerprint density at radius 2 is 1.77 bits per heavy atom. The molecule has 7 nitrogen and oxygen atoms in total. The van der Waals surface area contributed by atoms with Crippen LogP contribution in [-0.2, 0) is 9.53 Å². The van der Waals surface area contributed by atoms with Crippen molar-refractivity contribution in [3.63, 3.8) is 0 Å². The Morgan fingerprint density at radius 3 is 2.42 bits per heavy atom. The molecule has 0 atom stereocenters. The summed E-state index contributed by atoms with van der Waals surface area (Å²) in [6.45, 7) is 4.67. The van der Waals surface area contributed by atoms with Gasteiger partial charge in [0.05, 0.1) is 30.9 Å². The predicted molar refractivity (Wildman–Crippen MR) is 121 cm³/mol. The number of ether oxygens (including phenoxy) is 3. The summed E-state index contributed by atoms with van der Waals surface area (Å²) < 4.78 is 15.7. The van der Waals surface area contributed by atoms with Crippen LogP contribution in [0.5, 0.6) is 17.2 Å². The van der Waals surface area contributed by atoms with E-state index < -0.39 is 5.97 Å². The summed E-state index contributed by atoms with van der Waals surface area (Å²) in [5, 5.41) is 21.5. The molecule has 2 N–H and O–H groups in total. The molecule has 31 heavy (non-hydrogen) atoms. The number of carbonyl (C=O) groups is 1. The fraction of sp³-hybridized carbons (Fsp3) is 0.217. The van der Waals surface area contributed by atoms with Gasteiger partial charge in [-0.1, -0.05) is 23.9 Å². The zero-order valence-electron chi connectivity index (χ0n) is 17.4. The molecule has 8 heteroatoms. The number of esters is 1. The summed E-state index contributed by atoms with van der Waals surface area (Å²) in [6.07, 6.45) is 1.57. The van der Waals surface area contributed by atoms with Crippen LogP contribution < -0.4 is 9.47 Å². The van der Waals surface area contributed by atoms with Gasteiger partial charge in [-0.15, -0.1) is 0 Å². The Labute approximate surface area is 184 Å². The lowest BCUT2D eigenvalue weighted by Gasteiger charge is -2.08. The fourth-order valence-electron chi connectivity index (χ4n) is 2.86. The molecule has 0 saturated carbocycles. The summed E-state index contributed by atoms with van der Waals surface area (Å²) in [6, 6.07) is 12.1. The number of hydrogen-bond acceptors (Lipinski definition) is 8. The number of aromatic hydroxyl groups is 1. The highest BCUT2D eigenvalue weighted by molar-refractivity contribution is 8.18. The molecule has 0 amide bonds. The first-order chi connectivity index (χ1) is 15.0. The molecule has 2 aromatic carbocycles. The van der Waals surface area contributed by atoms with Crippen LogP contribution in [0.4, 0.5) is 5.69 Å². The second kappa shape index (κ2) is 10.1. The number of para-hydroxylation sites is 1. The van der Waals surface area contributed by atoms with Crippen LogP contribution in [0.3, 0.4) is 0 Å². The largest absolute Gasteiger partial charge is 0.506 e. The van der Waals surface area contributed by atoms with Crippen LogP contribution >= 0.6 is 11.8 Å². The summed E-state index contributed by atoms with van der Waals surface area (Å²) in [7, 11) is 1.24. The Hall–Kier alpha value is -3.39. The summed E-state index contributed by atoms with van der Waals surface area (Å²) >= 11 is 1.11. The van der Waals surface area contributed by atoms with Crippen LogP contribution in [0.15, 0.2) is 63.7 Å². The van der Waals surface area contributed by atoms with Gasteiger partial charge >= 0.3 is 5.97 Å². The maximum Gasteiger partial charge on any atom is 0.344 e. The molecule has 0 bridgehead atoms. The van der Waals surface area contributed by atoms with Crippen LogP contribution in [-0.4, -0.2) is 41.5 Å². The number of phenolic OH excluding ortho intramolecular Hbond substituents is 1. The summed E-state index contributed by atoms with van der Waals surface area (Å²) in [5.74, 6) is 0.0250. The molecule has 0 aromatic heterocycles. The summed E-state index contributed by atoms with van der Waals surface area (Å²) in [5.41, 5.74) is 0.988. The second-order valence-electron chi connectivity index (χ2n) is 6.30. The number of aliphatic imine (C=N–C) groups is 1. The van der Waals surface area contributed by atoms with Gasteiger partial charge in [0.15, 0.2) is 11.5 Å². The van der Waals surface area contributed by atoms with E-state index in [1.54, 1.807) is 48.5 Å². The number of phenols is 1. The van der Waals surface area contributed by atoms with E-state index in [4.69, 9.17) is 14.2 Å². The van der Waals surface area contributed by atoms with E-state index in [9.17, 15) is 15.0 Å². The van der Waals surface area contributed by atoms with E-state index in [-0.39, 0.29) is 17.1 Å². The molecule has 3 rings (SSSR count). The maximum absolute atomic E-state index is 12.3. The van der Waals surface area contributed by atoms with E-state index in [1.807, 2.05) is 13.8 Å². The third kappa shape index (κ3) is 5.03. The Kier molecular flexibility index (Phi) is 7.25. The molecule has 1 aliphatic rings. The molecular weight excluding hydrogens is 418 g/mol. The zero-order valence-corrected chi connectivity index (χ0v) is 18.2. The molecule has 0 fully saturated rings. The van der Waals surface area contributed by atoms with Crippen molar-refractivity contribution in [2.24, 2.45) is 4.99 Å². The van der Waals surface area contributed by atoms with E-state index in [1.165, 1.54) is 7.11 Å². The zero-order chi connectivity index (χ0) is 22.4. The fourth-order valence-corrected chi connectivity index (χ4v) is 3.89. The van der Waals surface area contributed by atoms with E-state index >= 15 is 0 Å². The summed E-state index contributed by atoms with van der Waals surface area (Å²) in [4.78, 5) is 17.2. The monoisotopic (exact) mass is 441 g/mol. The van der Waals surface area contributed by atoms with Crippen molar-refractivity contribution < 1.29 is 29.2 Å². The number of hydrogen-bond donors (Lipinski definition) is 2. The molecule has 1 heterocycles. The van der Waals surface area contributed by atoms with E-state index in [2.05, 4.69) is 4.99 Å². The van der Waals surface area contributed by atoms with Crippen LogP contribution in [0.25, 0.3) is 6.08 Å². The minimum Gasteiger partial charge on any atom is -0.506 e. The number of thioether (sulfide) groups is 1. The molecule has 2 aromatic rings. The number of rotatable bonds is 7. The lowest BCUT2D eigenvalue weighted by Crippen LogP contribution is -2.10. The third-order valence-corrected chi connectivity index (χ3v) is 5.30. The van der Waals surface area contributed by atoms with Gasteiger partial charge in [-0.25, -0.2) is 9.79 Å². The number of nitrogens with zero attached hydrogens (tertiary/aromatic N) is 1. The average molecular weight is 442 g/mol. The molecule has 0 radical (unpaired) electrons. The molecule has 0 saturated heterocycles.